The fourth-order valence-corrected chi connectivity index (χ4v) is 2.82. The van der Waals surface area contributed by atoms with Gasteiger partial charge < -0.3 is 10.4 Å². The van der Waals surface area contributed by atoms with E-state index >= 15 is 0 Å². The van der Waals surface area contributed by atoms with Crippen molar-refractivity contribution in [1.82, 2.24) is 5.32 Å². The van der Waals surface area contributed by atoms with Gasteiger partial charge in [-0.15, -0.1) is 0 Å². The Labute approximate surface area is 96.0 Å². The summed E-state index contributed by atoms with van der Waals surface area (Å²) >= 11 is 1.81. The summed E-state index contributed by atoms with van der Waals surface area (Å²) in [5.41, 5.74) is -1.26. The monoisotopic (exact) mass is 231 g/mol. The predicted octanol–water partition coefficient (Wildman–Crippen LogP) is 1.55. The third-order valence-corrected chi connectivity index (χ3v) is 4.05. The molecule has 15 heavy (non-hydrogen) atoms. The van der Waals surface area contributed by atoms with E-state index in [-0.39, 0.29) is 11.9 Å². The van der Waals surface area contributed by atoms with Crippen molar-refractivity contribution in [3.8, 4) is 0 Å². The van der Waals surface area contributed by atoms with E-state index in [1.165, 1.54) is 26.7 Å². The van der Waals surface area contributed by atoms with Gasteiger partial charge in [0.1, 0.15) is 5.60 Å². The van der Waals surface area contributed by atoms with Crippen molar-refractivity contribution >= 4 is 17.7 Å². The number of hydrogen-bond donors (Lipinski definition) is 2. The van der Waals surface area contributed by atoms with E-state index in [1.807, 2.05) is 11.8 Å². The van der Waals surface area contributed by atoms with Gasteiger partial charge in [0.25, 0.3) is 5.91 Å². The molecule has 2 N–H and O–H groups in total. The number of carbonyl (C=O) groups is 1. The second kappa shape index (κ2) is 5.21. The lowest BCUT2D eigenvalue weighted by molar-refractivity contribution is -0.137. The van der Waals surface area contributed by atoms with Gasteiger partial charge in [-0.3, -0.25) is 4.79 Å². The minimum Gasteiger partial charge on any atom is -0.381 e. The van der Waals surface area contributed by atoms with Gasteiger partial charge in [-0.05, 0) is 32.9 Å². The molecule has 0 spiro atoms. The maximum atomic E-state index is 11.6. The highest BCUT2D eigenvalue weighted by Gasteiger charge is 2.30. The molecule has 88 valence electrons. The molecule has 1 aliphatic rings. The summed E-state index contributed by atoms with van der Waals surface area (Å²) in [6, 6.07) is 0.229. The lowest BCUT2D eigenvalue weighted by atomic mass is 9.94. The van der Waals surface area contributed by atoms with Gasteiger partial charge in [0.2, 0.25) is 0 Å². The first-order valence-corrected chi connectivity index (χ1v) is 6.80. The van der Waals surface area contributed by atoms with Gasteiger partial charge >= 0.3 is 0 Å². The van der Waals surface area contributed by atoms with Crippen LogP contribution in [-0.2, 0) is 4.79 Å². The normalized spacial score (nSPS) is 27.5. The Bertz CT molecular complexity index is 225. The standard InChI is InChI=1S/C11H21NO2S/c1-11(2,14)10(13)12-8-6-4-5-7-9(8)15-3/h8-9,14H,4-7H2,1-3H3,(H,12,13). The van der Waals surface area contributed by atoms with Crippen LogP contribution < -0.4 is 5.32 Å². The van der Waals surface area contributed by atoms with Crippen molar-refractivity contribution < 1.29 is 9.90 Å². The van der Waals surface area contributed by atoms with E-state index in [4.69, 9.17) is 0 Å². The van der Waals surface area contributed by atoms with Crippen molar-refractivity contribution in [3.05, 3.63) is 0 Å². The van der Waals surface area contributed by atoms with Crippen LogP contribution in [0.15, 0.2) is 0 Å². The number of rotatable bonds is 3. The van der Waals surface area contributed by atoms with E-state index < -0.39 is 5.60 Å². The lowest BCUT2D eigenvalue weighted by Crippen LogP contribution is -2.51. The molecule has 1 saturated carbocycles. The van der Waals surface area contributed by atoms with E-state index in [2.05, 4.69) is 11.6 Å². The number of thioether (sulfide) groups is 1. The molecule has 0 heterocycles. The molecule has 0 aromatic heterocycles. The smallest absolute Gasteiger partial charge is 0.251 e. The van der Waals surface area contributed by atoms with Gasteiger partial charge in [0.15, 0.2) is 0 Å². The van der Waals surface area contributed by atoms with Crippen LogP contribution in [0.3, 0.4) is 0 Å². The number of carbonyl (C=O) groups excluding carboxylic acids is 1. The van der Waals surface area contributed by atoms with E-state index in [1.54, 1.807) is 0 Å². The molecule has 0 aromatic carbocycles. The molecule has 0 aliphatic heterocycles. The van der Waals surface area contributed by atoms with Crippen molar-refractivity contribution in [3.63, 3.8) is 0 Å². The predicted molar refractivity (Wildman–Crippen MR) is 64.0 cm³/mol. The first kappa shape index (κ1) is 12.8. The zero-order valence-electron chi connectivity index (χ0n) is 9.75. The van der Waals surface area contributed by atoms with Crippen molar-refractivity contribution in [2.24, 2.45) is 0 Å². The summed E-state index contributed by atoms with van der Waals surface area (Å²) in [6.07, 6.45) is 6.71. The number of amides is 1. The minimum atomic E-state index is -1.26. The Balaban J connectivity index is 2.52. The lowest BCUT2D eigenvalue weighted by Gasteiger charge is -2.32. The molecule has 2 unspecified atom stereocenters. The molecule has 1 rings (SSSR count). The molecule has 0 bridgehead atoms. The molecule has 0 radical (unpaired) electrons. The molecule has 3 nitrogen and oxygen atoms in total. The topological polar surface area (TPSA) is 49.3 Å². The van der Waals surface area contributed by atoms with Crippen molar-refractivity contribution in [2.45, 2.75) is 56.4 Å². The molecule has 1 fully saturated rings. The van der Waals surface area contributed by atoms with Gasteiger partial charge in [-0.25, -0.2) is 0 Å². The van der Waals surface area contributed by atoms with Crippen LogP contribution in [-0.4, -0.2) is 34.2 Å². The zero-order valence-corrected chi connectivity index (χ0v) is 10.6. The largest absolute Gasteiger partial charge is 0.381 e. The summed E-state index contributed by atoms with van der Waals surface area (Å²) in [6.45, 7) is 3.05. The maximum absolute atomic E-state index is 11.6. The highest BCUT2D eigenvalue weighted by Crippen LogP contribution is 2.27. The van der Waals surface area contributed by atoms with Gasteiger partial charge in [-0.2, -0.15) is 11.8 Å². The van der Waals surface area contributed by atoms with Crippen molar-refractivity contribution in [1.29, 1.82) is 0 Å². The SMILES string of the molecule is CSC1CCCCC1NC(=O)C(C)(C)O. The van der Waals surface area contributed by atoms with Gasteiger partial charge in [0.05, 0.1) is 0 Å². The average Bonchev–Trinajstić information content (AvgIpc) is 2.17. The van der Waals surface area contributed by atoms with Crippen LogP contribution in [0.2, 0.25) is 0 Å². The Kier molecular flexibility index (Phi) is 4.46. The van der Waals surface area contributed by atoms with E-state index in [9.17, 15) is 9.90 Å². The third kappa shape index (κ3) is 3.68. The molecule has 0 aromatic rings. The molecule has 0 saturated heterocycles. The number of hydrogen-bond acceptors (Lipinski definition) is 3. The summed E-state index contributed by atoms with van der Waals surface area (Å²) in [7, 11) is 0. The van der Waals surface area contributed by atoms with Crippen molar-refractivity contribution in [2.75, 3.05) is 6.26 Å². The first-order valence-electron chi connectivity index (χ1n) is 5.51. The van der Waals surface area contributed by atoms with Crippen LogP contribution >= 0.6 is 11.8 Å². The number of aliphatic hydroxyl groups is 1. The minimum absolute atomic E-state index is 0.229. The van der Waals surface area contributed by atoms with Crippen LogP contribution in [0, 0.1) is 0 Å². The molecule has 1 aliphatic carbocycles. The molecular weight excluding hydrogens is 210 g/mol. The fourth-order valence-electron chi connectivity index (χ4n) is 1.89. The molecule has 1 amide bonds. The summed E-state index contributed by atoms with van der Waals surface area (Å²) in [5.74, 6) is -0.256. The second-order valence-corrected chi connectivity index (χ2v) is 5.77. The molecule has 4 heteroatoms. The average molecular weight is 231 g/mol. The zero-order chi connectivity index (χ0) is 11.5. The summed E-state index contributed by atoms with van der Waals surface area (Å²) in [5, 5.41) is 13.0. The third-order valence-electron chi connectivity index (χ3n) is 2.88. The quantitative estimate of drug-likeness (QED) is 0.775. The Morgan fingerprint density at radius 1 is 1.40 bits per heavy atom. The second-order valence-electron chi connectivity index (χ2n) is 4.70. The van der Waals surface area contributed by atoms with Crippen LogP contribution in [0.4, 0.5) is 0 Å². The van der Waals surface area contributed by atoms with Crippen LogP contribution in [0.5, 0.6) is 0 Å². The summed E-state index contributed by atoms with van der Waals surface area (Å²) in [4.78, 5) is 11.6. The molecule has 2 atom stereocenters. The highest BCUT2D eigenvalue weighted by molar-refractivity contribution is 7.99. The Morgan fingerprint density at radius 3 is 2.53 bits per heavy atom. The van der Waals surface area contributed by atoms with Gasteiger partial charge in [-0.1, -0.05) is 12.8 Å². The molecular formula is C11H21NO2S. The first-order chi connectivity index (χ1) is 6.95. The highest BCUT2D eigenvalue weighted by atomic mass is 32.2. The van der Waals surface area contributed by atoms with E-state index in [0.29, 0.717) is 5.25 Å². The van der Waals surface area contributed by atoms with Crippen LogP contribution in [0.1, 0.15) is 39.5 Å². The number of nitrogens with one attached hydrogen (secondary N) is 1. The Hall–Kier alpha value is -0.220. The summed E-state index contributed by atoms with van der Waals surface area (Å²) < 4.78 is 0. The fraction of sp³-hybridized carbons (Fsp3) is 0.909. The van der Waals surface area contributed by atoms with Crippen LogP contribution in [0.25, 0.3) is 0 Å². The van der Waals surface area contributed by atoms with E-state index in [0.717, 1.165) is 12.8 Å². The maximum Gasteiger partial charge on any atom is 0.251 e. The van der Waals surface area contributed by atoms with Gasteiger partial charge in [0, 0.05) is 11.3 Å². The Morgan fingerprint density at radius 2 is 2.00 bits per heavy atom.